The molecule has 0 aliphatic rings. The van der Waals surface area contributed by atoms with Gasteiger partial charge in [-0.3, -0.25) is 4.79 Å². The van der Waals surface area contributed by atoms with E-state index in [9.17, 15) is 13.6 Å². The van der Waals surface area contributed by atoms with Gasteiger partial charge in [0, 0.05) is 6.54 Å². The quantitative estimate of drug-likeness (QED) is 0.907. The van der Waals surface area contributed by atoms with Crippen molar-refractivity contribution < 1.29 is 13.6 Å². The fourth-order valence-electron chi connectivity index (χ4n) is 1.46. The standard InChI is InChI=1S/C12H9ClF2N4O/c13-7-3-6(1-2-8(7)14)4-17-12(20)10-9(15)11(16)19-5-18-10/h1-3,5H,4H2,(H,17,20)(H2,16,18,19). The second-order valence-electron chi connectivity index (χ2n) is 3.85. The normalized spacial score (nSPS) is 10.3. The van der Waals surface area contributed by atoms with E-state index in [0.29, 0.717) is 5.56 Å². The highest BCUT2D eigenvalue weighted by atomic mass is 35.5. The summed E-state index contributed by atoms with van der Waals surface area (Å²) in [5, 5.41) is 2.36. The van der Waals surface area contributed by atoms with Crippen molar-refractivity contribution in [2.75, 3.05) is 5.73 Å². The maximum atomic E-state index is 13.5. The third-order valence-electron chi connectivity index (χ3n) is 2.47. The number of aromatic nitrogens is 2. The van der Waals surface area contributed by atoms with Crippen molar-refractivity contribution in [1.82, 2.24) is 15.3 Å². The lowest BCUT2D eigenvalue weighted by atomic mass is 10.2. The molecular weight excluding hydrogens is 290 g/mol. The first kappa shape index (κ1) is 14.1. The van der Waals surface area contributed by atoms with Gasteiger partial charge in [-0.15, -0.1) is 0 Å². The number of nitrogens with two attached hydrogens (primary N) is 1. The van der Waals surface area contributed by atoms with Gasteiger partial charge in [0.1, 0.15) is 12.1 Å². The van der Waals surface area contributed by atoms with Gasteiger partial charge in [0.25, 0.3) is 5.91 Å². The fourth-order valence-corrected chi connectivity index (χ4v) is 1.66. The molecule has 0 atom stereocenters. The first-order valence-electron chi connectivity index (χ1n) is 5.47. The van der Waals surface area contributed by atoms with Gasteiger partial charge in [0.15, 0.2) is 17.3 Å². The van der Waals surface area contributed by atoms with Crippen molar-refractivity contribution >= 4 is 23.3 Å². The summed E-state index contributed by atoms with van der Waals surface area (Å²) in [6, 6.07) is 3.99. The van der Waals surface area contributed by atoms with Gasteiger partial charge in [-0.25, -0.2) is 18.7 Å². The largest absolute Gasteiger partial charge is 0.381 e. The molecule has 0 aliphatic carbocycles. The van der Waals surface area contributed by atoms with E-state index in [2.05, 4.69) is 15.3 Å². The number of benzene rings is 1. The van der Waals surface area contributed by atoms with Crippen LogP contribution in [0.25, 0.3) is 0 Å². The molecule has 8 heteroatoms. The van der Waals surface area contributed by atoms with Gasteiger partial charge in [0.2, 0.25) is 0 Å². The maximum absolute atomic E-state index is 13.5. The lowest BCUT2D eigenvalue weighted by Gasteiger charge is -2.06. The molecule has 20 heavy (non-hydrogen) atoms. The number of carbonyl (C=O) groups excluding carboxylic acids is 1. The Balaban J connectivity index is 2.08. The molecular formula is C12H9ClF2N4O. The van der Waals surface area contributed by atoms with E-state index in [1.54, 1.807) is 0 Å². The molecule has 0 aliphatic heterocycles. The lowest BCUT2D eigenvalue weighted by Crippen LogP contribution is -2.25. The highest BCUT2D eigenvalue weighted by Gasteiger charge is 2.16. The highest BCUT2D eigenvalue weighted by Crippen LogP contribution is 2.16. The van der Waals surface area contributed by atoms with Crippen LogP contribution in [0.1, 0.15) is 16.1 Å². The summed E-state index contributed by atoms with van der Waals surface area (Å²) in [5.41, 5.74) is 5.35. The van der Waals surface area contributed by atoms with Crippen LogP contribution in [0.3, 0.4) is 0 Å². The fraction of sp³-hybridized carbons (Fsp3) is 0.0833. The molecule has 0 saturated heterocycles. The van der Waals surface area contributed by atoms with Crippen LogP contribution in [0.2, 0.25) is 5.02 Å². The van der Waals surface area contributed by atoms with Gasteiger partial charge >= 0.3 is 0 Å². The maximum Gasteiger partial charge on any atom is 0.273 e. The highest BCUT2D eigenvalue weighted by molar-refractivity contribution is 6.30. The number of nitrogens with one attached hydrogen (secondary N) is 1. The van der Waals surface area contributed by atoms with Gasteiger partial charge in [-0.1, -0.05) is 17.7 Å². The first-order chi connectivity index (χ1) is 9.49. The molecule has 1 heterocycles. The number of amides is 1. The van der Waals surface area contributed by atoms with Crippen LogP contribution in [0, 0.1) is 11.6 Å². The van der Waals surface area contributed by atoms with Crippen molar-refractivity contribution in [2.24, 2.45) is 0 Å². The summed E-state index contributed by atoms with van der Waals surface area (Å²) in [6.45, 7) is 0.0438. The number of hydrogen-bond donors (Lipinski definition) is 2. The first-order valence-corrected chi connectivity index (χ1v) is 5.85. The van der Waals surface area contributed by atoms with E-state index in [1.807, 2.05) is 0 Å². The average Bonchev–Trinajstić information content (AvgIpc) is 2.43. The number of carbonyl (C=O) groups is 1. The number of nitrogens with zero attached hydrogens (tertiary/aromatic N) is 2. The topological polar surface area (TPSA) is 80.9 Å². The van der Waals surface area contributed by atoms with Gasteiger partial charge in [-0.05, 0) is 17.7 Å². The van der Waals surface area contributed by atoms with Gasteiger partial charge in [-0.2, -0.15) is 0 Å². The van der Waals surface area contributed by atoms with E-state index >= 15 is 0 Å². The average molecular weight is 299 g/mol. The van der Waals surface area contributed by atoms with Crippen LogP contribution in [-0.4, -0.2) is 15.9 Å². The molecule has 1 aromatic carbocycles. The molecule has 0 radical (unpaired) electrons. The van der Waals surface area contributed by atoms with Crippen molar-refractivity contribution in [2.45, 2.75) is 6.54 Å². The van der Waals surface area contributed by atoms with E-state index in [1.165, 1.54) is 18.2 Å². The predicted molar refractivity (Wildman–Crippen MR) is 69.0 cm³/mol. The summed E-state index contributed by atoms with van der Waals surface area (Å²) in [4.78, 5) is 18.7. The second kappa shape index (κ2) is 5.79. The second-order valence-corrected chi connectivity index (χ2v) is 4.26. The Hall–Kier alpha value is -2.28. The minimum atomic E-state index is -0.984. The van der Waals surface area contributed by atoms with Crippen molar-refractivity contribution in [3.8, 4) is 0 Å². The smallest absolute Gasteiger partial charge is 0.273 e. The summed E-state index contributed by atoms with van der Waals surface area (Å²) >= 11 is 5.61. The Morgan fingerprint density at radius 2 is 2.10 bits per heavy atom. The summed E-state index contributed by atoms with van der Waals surface area (Å²) < 4.78 is 26.5. The monoisotopic (exact) mass is 298 g/mol. The molecule has 1 amide bonds. The summed E-state index contributed by atoms with van der Waals surface area (Å²) in [5.74, 6) is -2.70. The van der Waals surface area contributed by atoms with Gasteiger partial charge < -0.3 is 11.1 Å². The molecule has 2 rings (SSSR count). The Kier molecular flexibility index (Phi) is 4.09. The Morgan fingerprint density at radius 1 is 1.35 bits per heavy atom. The van der Waals surface area contributed by atoms with E-state index < -0.39 is 29.1 Å². The molecule has 2 aromatic rings. The van der Waals surface area contributed by atoms with Crippen molar-refractivity contribution in [3.05, 3.63) is 52.4 Å². The minimum Gasteiger partial charge on any atom is -0.381 e. The number of anilines is 1. The predicted octanol–water partition coefficient (Wildman–Crippen LogP) is 1.92. The summed E-state index contributed by atoms with van der Waals surface area (Å²) in [7, 11) is 0. The van der Waals surface area contributed by atoms with Crippen LogP contribution in [0.5, 0.6) is 0 Å². The minimum absolute atomic E-state index is 0.0438. The molecule has 0 fully saturated rings. The third-order valence-corrected chi connectivity index (χ3v) is 2.76. The zero-order valence-electron chi connectivity index (χ0n) is 10.0. The summed E-state index contributed by atoms with van der Waals surface area (Å²) in [6.07, 6.45) is 0.988. The molecule has 5 nitrogen and oxygen atoms in total. The lowest BCUT2D eigenvalue weighted by molar-refractivity contribution is 0.0941. The Labute approximate surface area is 117 Å². The SMILES string of the molecule is Nc1ncnc(C(=O)NCc2ccc(F)c(Cl)c2)c1F. The molecule has 1 aromatic heterocycles. The Bertz CT molecular complexity index is 666. The van der Waals surface area contributed by atoms with Crippen LogP contribution in [-0.2, 0) is 6.54 Å². The van der Waals surface area contributed by atoms with Crippen LogP contribution in [0.4, 0.5) is 14.6 Å². The number of hydrogen-bond acceptors (Lipinski definition) is 4. The van der Waals surface area contributed by atoms with Crippen LogP contribution in [0.15, 0.2) is 24.5 Å². The van der Waals surface area contributed by atoms with Crippen LogP contribution >= 0.6 is 11.6 Å². The molecule has 0 spiro atoms. The van der Waals surface area contributed by atoms with Crippen LogP contribution < -0.4 is 11.1 Å². The van der Waals surface area contributed by atoms with Gasteiger partial charge in [0.05, 0.1) is 5.02 Å². The van der Waals surface area contributed by atoms with E-state index in [-0.39, 0.29) is 11.6 Å². The molecule has 0 unspecified atom stereocenters. The number of rotatable bonds is 3. The Morgan fingerprint density at radius 3 is 2.80 bits per heavy atom. The molecule has 104 valence electrons. The molecule has 0 saturated carbocycles. The zero-order chi connectivity index (χ0) is 14.7. The zero-order valence-corrected chi connectivity index (χ0v) is 10.8. The van der Waals surface area contributed by atoms with Crippen molar-refractivity contribution in [3.63, 3.8) is 0 Å². The van der Waals surface area contributed by atoms with E-state index in [4.69, 9.17) is 17.3 Å². The number of halogens is 3. The third kappa shape index (κ3) is 3.00. The van der Waals surface area contributed by atoms with E-state index in [0.717, 1.165) is 6.33 Å². The molecule has 3 N–H and O–H groups in total. The molecule has 0 bridgehead atoms. The number of nitrogen functional groups attached to an aromatic ring is 1. The van der Waals surface area contributed by atoms with Crippen molar-refractivity contribution in [1.29, 1.82) is 0 Å².